The summed E-state index contributed by atoms with van der Waals surface area (Å²) >= 11 is 6.23. The van der Waals surface area contributed by atoms with E-state index >= 15 is 0 Å². The quantitative estimate of drug-likeness (QED) is 0.647. The van der Waals surface area contributed by atoms with E-state index in [4.69, 9.17) is 17.3 Å². The van der Waals surface area contributed by atoms with Crippen molar-refractivity contribution in [2.45, 2.75) is 6.92 Å². The monoisotopic (exact) mass is 372 g/mol. The van der Waals surface area contributed by atoms with Crippen LogP contribution in [0.15, 0.2) is 53.6 Å². The number of rotatable bonds is 4. The van der Waals surface area contributed by atoms with Gasteiger partial charge in [-0.25, -0.2) is 0 Å². The molecule has 2 aliphatic rings. The van der Waals surface area contributed by atoms with Gasteiger partial charge in [-0.3, -0.25) is 14.5 Å². The SMILES string of the molecule is CCN1C=CC(=CC=C2SC(=S)N(CC(=O)O)C2=O)c2ccccc21. The molecule has 3 rings (SSSR count). The number of anilines is 1. The second-order valence-electron chi connectivity index (χ2n) is 5.42. The van der Waals surface area contributed by atoms with Crippen molar-refractivity contribution in [2.24, 2.45) is 0 Å². The number of para-hydroxylation sites is 1. The number of carbonyl (C=O) groups is 2. The molecule has 0 atom stereocenters. The van der Waals surface area contributed by atoms with E-state index in [1.54, 1.807) is 6.08 Å². The minimum atomic E-state index is -1.08. The van der Waals surface area contributed by atoms with E-state index in [-0.39, 0.29) is 10.2 Å². The van der Waals surface area contributed by atoms with Gasteiger partial charge in [0.2, 0.25) is 0 Å². The molecular formula is C18H16N2O3S2. The maximum absolute atomic E-state index is 12.3. The number of carboxylic acids is 1. The molecule has 1 fully saturated rings. The molecule has 1 amide bonds. The second kappa shape index (κ2) is 7.25. The van der Waals surface area contributed by atoms with E-state index in [0.717, 1.165) is 40.0 Å². The van der Waals surface area contributed by atoms with Crippen molar-refractivity contribution >= 4 is 51.4 Å². The van der Waals surface area contributed by atoms with Crippen LogP contribution in [0.25, 0.3) is 5.57 Å². The van der Waals surface area contributed by atoms with Gasteiger partial charge >= 0.3 is 5.97 Å². The number of hydrogen-bond donors (Lipinski definition) is 1. The van der Waals surface area contributed by atoms with Crippen LogP contribution in [0.5, 0.6) is 0 Å². The molecule has 1 saturated heterocycles. The van der Waals surface area contributed by atoms with Gasteiger partial charge in [0.1, 0.15) is 10.9 Å². The smallest absolute Gasteiger partial charge is 0.323 e. The van der Waals surface area contributed by atoms with Crippen LogP contribution >= 0.6 is 24.0 Å². The number of nitrogens with zero attached hydrogens (tertiary/aromatic N) is 2. The molecule has 2 heterocycles. The number of hydrogen-bond acceptors (Lipinski definition) is 5. The number of thioether (sulfide) groups is 1. The average molecular weight is 372 g/mol. The molecule has 5 nitrogen and oxygen atoms in total. The number of benzene rings is 1. The van der Waals surface area contributed by atoms with Crippen molar-refractivity contribution in [1.29, 1.82) is 0 Å². The predicted molar refractivity (Wildman–Crippen MR) is 104 cm³/mol. The van der Waals surface area contributed by atoms with Crippen molar-refractivity contribution in [3.63, 3.8) is 0 Å². The van der Waals surface area contributed by atoms with Crippen LogP contribution in [0.2, 0.25) is 0 Å². The first kappa shape index (κ1) is 17.4. The van der Waals surface area contributed by atoms with Crippen molar-refractivity contribution in [2.75, 3.05) is 18.0 Å². The summed E-state index contributed by atoms with van der Waals surface area (Å²) in [5, 5.41) is 8.88. The standard InChI is InChI=1S/C18H16N2O3S2/c1-2-19-10-9-12(13-5-3-4-6-14(13)19)7-8-15-17(23)20(11-16(21)22)18(24)25-15/h3-10H,2,11H2,1H3,(H,21,22). The summed E-state index contributed by atoms with van der Waals surface area (Å²) in [5.41, 5.74) is 3.19. The Balaban J connectivity index is 1.89. The van der Waals surface area contributed by atoms with Gasteiger partial charge in [0.15, 0.2) is 0 Å². The summed E-state index contributed by atoms with van der Waals surface area (Å²) in [4.78, 5) is 26.8. The summed E-state index contributed by atoms with van der Waals surface area (Å²) in [6.45, 7) is 2.55. The zero-order valence-electron chi connectivity index (χ0n) is 13.5. The summed E-state index contributed by atoms with van der Waals surface area (Å²) in [5.74, 6) is -1.45. The molecule has 0 radical (unpaired) electrons. The highest BCUT2D eigenvalue weighted by Crippen LogP contribution is 2.34. The fourth-order valence-electron chi connectivity index (χ4n) is 2.68. The Morgan fingerprint density at radius 2 is 2.08 bits per heavy atom. The molecule has 0 unspecified atom stereocenters. The minimum absolute atomic E-state index is 0.272. The molecule has 0 aromatic heterocycles. The number of carboxylic acid groups (broad SMARTS) is 1. The number of amides is 1. The van der Waals surface area contributed by atoms with E-state index in [0.29, 0.717) is 4.91 Å². The second-order valence-corrected chi connectivity index (χ2v) is 7.10. The normalized spacial score (nSPS) is 19.9. The highest BCUT2D eigenvalue weighted by atomic mass is 32.2. The topological polar surface area (TPSA) is 60.9 Å². The first-order valence-corrected chi connectivity index (χ1v) is 8.95. The van der Waals surface area contributed by atoms with Gasteiger partial charge in [0, 0.05) is 24.0 Å². The van der Waals surface area contributed by atoms with Gasteiger partial charge < -0.3 is 10.0 Å². The number of fused-ring (bicyclic) bond motifs is 1. The van der Waals surface area contributed by atoms with Crippen molar-refractivity contribution in [3.05, 3.63) is 59.2 Å². The maximum Gasteiger partial charge on any atom is 0.323 e. The van der Waals surface area contributed by atoms with Crippen molar-refractivity contribution < 1.29 is 14.7 Å². The number of aliphatic carboxylic acids is 1. The van der Waals surface area contributed by atoms with Gasteiger partial charge in [-0.05, 0) is 30.7 Å². The van der Waals surface area contributed by atoms with Crippen LogP contribution in [0.4, 0.5) is 5.69 Å². The first-order valence-electron chi connectivity index (χ1n) is 7.73. The summed E-state index contributed by atoms with van der Waals surface area (Å²) < 4.78 is 0.272. The molecule has 0 saturated carbocycles. The Kier molecular flexibility index (Phi) is 5.06. The fourth-order valence-corrected chi connectivity index (χ4v) is 3.88. The molecule has 25 heavy (non-hydrogen) atoms. The molecule has 128 valence electrons. The molecule has 0 bridgehead atoms. The summed E-state index contributed by atoms with van der Waals surface area (Å²) in [7, 11) is 0. The lowest BCUT2D eigenvalue weighted by Gasteiger charge is -2.26. The van der Waals surface area contributed by atoms with Gasteiger partial charge in [-0.2, -0.15) is 0 Å². The predicted octanol–water partition coefficient (Wildman–Crippen LogP) is 3.25. The summed E-state index contributed by atoms with van der Waals surface area (Å²) in [6, 6.07) is 8.07. The lowest BCUT2D eigenvalue weighted by Crippen LogP contribution is -2.33. The van der Waals surface area contributed by atoms with Crippen LogP contribution in [0, 0.1) is 0 Å². The molecule has 0 aliphatic carbocycles. The zero-order chi connectivity index (χ0) is 18.0. The lowest BCUT2D eigenvalue weighted by atomic mass is 9.99. The largest absolute Gasteiger partial charge is 0.480 e. The van der Waals surface area contributed by atoms with Crippen molar-refractivity contribution in [3.8, 4) is 0 Å². The van der Waals surface area contributed by atoms with Crippen LogP contribution < -0.4 is 4.90 Å². The fraction of sp³-hybridized carbons (Fsp3) is 0.167. The third-order valence-electron chi connectivity index (χ3n) is 3.88. The number of carbonyl (C=O) groups excluding carboxylic acids is 1. The van der Waals surface area contributed by atoms with Crippen molar-refractivity contribution in [1.82, 2.24) is 4.90 Å². The third kappa shape index (κ3) is 3.52. The van der Waals surface area contributed by atoms with Crippen LogP contribution in [0.1, 0.15) is 12.5 Å². The van der Waals surface area contributed by atoms with Gasteiger partial charge in [0.05, 0.1) is 4.91 Å². The Labute approximate surface area is 155 Å². The zero-order valence-corrected chi connectivity index (χ0v) is 15.1. The highest BCUT2D eigenvalue weighted by Gasteiger charge is 2.33. The molecular weight excluding hydrogens is 356 g/mol. The Hall–Kier alpha value is -2.38. The van der Waals surface area contributed by atoms with Gasteiger partial charge in [-0.15, -0.1) is 0 Å². The van der Waals surface area contributed by atoms with E-state index in [1.165, 1.54) is 0 Å². The van der Waals surface area contributed by atoms with E-state index in [9.17, 15) is 9.59 Å². The van der Waals surface area contributed by atoms with E-state index < -0.39 is 12.5 Å². The van der Waals surface area contributed by atoms with E-state index in [2.05, 4.69) is 17.9 Å². The van der Waals surface area contributed by atoms with Crippen LogP contribution in [-0.2, 0) is 9.59 Å². The molecule has 1 aromatic carbocycles. The Bertz CT molecular complexity index is 842. The molecule has 7 heteroatoms. The van der Waals surface area contributed by atoms with Crippen LogP contribution in [0.3, 0.4) is 0 Å². The number of allylic oxidation sites excluding steroid dienone is 4. The maximum atomic E-state index is 12.3. The lowest BCUT2D eigenvalue weighted by molar-refractivity contribution is -0.140. The first-order chi connectivity index (χ1) is 12.0. The van der Waals surface area contributed by atoms with Gasteiger partial charge in [-0.1, -0.05) is 48.3 Å². The molecule has 1 aromatic rings. The van der Waals surface area contributed by atoms with E-state index in [1.807, 2.05) is 36.6 Å². The molecule has 1 N–H and O–H groups in total. The van der Waals surface area contributed by atoms with Gasteiger partial charge in [0.25, 0.3) is 5.91 Å². The Morgan fingerprint density at radius 3 is 2.80 bits per heavy atom. The number of thiocarbonyl (C=S) groups is 1. The molecule has 2 aliphatic heterocycles. The van der Waals surface area contributed by atoms with Crippen LogP contribution in [-0.4, -0.2) is 39.3 Å². The summed E-state index contributed by atoms with van der Waals surface area (Å²) in [6.07, 6.45) is 7.59. The Morgan fingerprint density at radius 1 is 1.32 bits per heavy atom. The third-order valence-corrected chi connectivity index (χ3v) is 5.28. The minimum Gasteiger partial charge on any atom is -0.480 e. The highest BCUT2D eigenvalue weighted by molar-refractivity contribution is 8.26. The molecule has 0 spiro atoms. The average Bonchev–Trinajstić information content (AvgIpc) is 2.86.